The lowest BCUT2D eigenvalue weighted by Crippen LogP contribution is -2.66. The maximum absolute atomic E-state index is 13.4. The standard InChI is InChI=1S/C42H67NO16/c1-21(2)16-32(47)57-40-25(6)53-34(20-42(40,8)50)58-37-24(5)54-41(36(49)35(37)43(9)10)59-38-27(14-15-44)17-22(3)28(46)12-13-29-30(56-29)18-23(4)52-33(48)19-31(39(38)51-11)55-26(7)45/h12-13,15,21-25,27,29-31,34-41,49-50H,14,16-20H2,1-11H3/b13-12+/t22-,23+,24?,25?,27+,29?,30?,31+,34?,35?,36?,37?,38-,39-,40?,41?,42?/m0/s1. The first kappa shape index (κ1) is 48.8. The third kappa shape index (κ3) is 13.3. The Labute approximate surface area is 347 Å². The van der Waals surface area contributed by atoms with E-state index in [9.17, 15) is 34.2 Å². The van der Waals surface area contributed by atoms with Crippen molar-refractivity contribution in [3.05, 3.63) is 12.2 Å². The molecule has 3 saturated heterocycles. The normalized spacial score (nSPS) is 41.7. The molecule has 0 aromatic carbocycles. The number of ketones is 1. The number of methoxy groups -OCH3 is 1. The van der Waals surface area contributed by atoms with Crippen LogP contribution in [0.5, 0.6) is 0 Å². The van der Waals surface area contributed by atoms with Crippen molar-refractivity contribution in [3.63, 3.8) is 0 Å². The van der Waals surface area contributed by atoms with E-state index in [1.807, 2.05) is 13.8 Å². The molecule has 4 heterocycles. The van der Waals surface area contributed by atoms with Crippen molar-refractivity contribution in [3.8, 4) is 0 Å². The zero-order chi connectivity index (χ0) is 43.9. The molecule has 17 atom stereocenters. The Morgan fingerprint density at radius 3 is 2.29 bits per heavy atom. The van der Waals surface area contributed by atoms with Crippen molar-refractivity contribution in [2.75, 3.05) is 21.2 Å². The summed E-state index contributed by atoms with van der Waals surface area (Å²) in [5.41, 5.74) is -1.51. The van der Waals surface area contributed by atoms with Gasteiger partial charge in [-0.05, 0) is 72.2 Å². The smallest absolute Gasteiger partial charge is 0.309 e. The molecule has 0 aromatic rings. The Hall–Kier alpha value is -2.87. The van der Waals surface area contributed by atoms with Crippen molar-refractivity contribution in [1.29, 1.82) is 0 Å². The second kappa shape index (κ2) is 21.3. The summed E-state index contributed by atoms with van der Waals surface area (Å²) in [5, 5.41) is 23.5. The molecular weight excluding hydrogens is 774 g/mol. The molecule has 0 saturated carbocycles. The van der Waals surface area contributed by atoms with Crippen molar-refractivity contribution in [2.45, 2.75) is 185 Å². The predicted octanol–water partition coefficient (Wildman–Crippen LogP) is 2.43. The van der Waals surface area contributed by atoms with Crippen LogP contribution in [0, 0.1) is 17.8 Å². The minimum atomic E-state index is -1.51. The van der Waals surface area contributed by atoms with Gasteiger partial charge in [0.15, 0.2) is 24.5 Å². The highest BCUT2D eigenvalue weighted by atomic mass is 16.7. The molecule has 0 amide bonds. The number of epoxide rings is 1. The lowest BCUT2D eigenvalue weighted by Gasteiger charge is -2.50. The van der Waals surface area contributed by atoms with Gasteiger partial charge >= 0.3 is 17.9 Å². The van der Waals surface area contributed by atoms with E-state index in [-0.39, 0.29) is 49.6 Å². The summed E-state index contributed by atoms with van der Waals surface area (Å²) in [7, 11) is 4.82. The molecule has 0 spiro atoms. The maximum Gasteiger partial charge on any atom is 0.309 e. The van der Waals surface area contributed by atoms with Gasteiger partial charge in [0.2, 0.25) is 0 Å². The molecule has 4 rings (SSSR count). The minimum Gasteiger partial charge on any atom is -0.462 e. The van der Waals surface area contributed by atoms with Gasteiger partial charge in [0.05, 0.1) is 36.9 Å². The number of aldehydes is 1. The first-order chi connectivity index (χ1) is 27.6. The molecule has 0 bridgehead atoms. The molecule has 0 aromatic heterocycles. The summed E-state index contributed by atoms with van der Waals surface area (Å²) in [4.78, 5) is 65.8. The maximum atomic E-state index is 13.4. The first-order valence-corrected chi connectivity index (χ1v) is 20.7. The third-order valence-electron chi connectivity index (χ3n) is 11.4. The second-order valence-corrected chi connectivity index (χ2v) is 17.5. The molecule has 4 aliphatic heterocycles. The Bertz CT molecular complexity index is 1470. The lowest BCUT2D eigenvalue weighted by molar-refractivity contribution is -0.344. The van der Waals surface area contributed by atoms with Gasteiger partial charge < -0.3 is 62.5 Å². The zero-order valence-corrected chi connectivity index (χ0v) is 36.3. The number of cyclic esters (lactones) is 1. The highest BCUT2D eigenvalue weighted by Gasteiger charge is 2.53. The highest BCUT2D eigenvalue weighted by Crippen LogP contribution is 2.38. The van der Waals surface area contributed by atoms with Crippen molar-refractivity contribution in [1.82, 2.24) is 4.90 Å². The topological polar surface area (TPSA) is 215 Å². The van der Waals surface area contributed by atoms with Crippen LogP contribution in [0.3, 0.4) is 0 Å². The van der Waals surface area contributed by atoms with Gasteiger partial charge in [0.25, 0.3) is 0 Å². The summed E-state index contributed by atoms with van der Waals surface area (Å²) < 4.78 is 54.2. The molecule has 0 aliphatic carbocycles. The molecular formula is C42H67NO16. The number of fused-ring (bicyclic) bond motifs is 1. The van der Waals surface area contributed by atoms with E-state index in [1.165, 1.54) is 20.1 Å². The number of aliphatic hydroxyl groups is 2. The number of ether oxygens (including phenoxy) is 9. The Kier molecular flexibility index (Phi) is 17.6. The molecule has 17 heteroatoms. The van der Waals surface area contributed by atoms with E-state index in [0.29, 0.717) is 12.7 Å². The van der Waals surface area contributed by atoms with Crippen LogP contribution < -0.4 is 0 Å². The number of nitrogens with zero attached hydrogens (tertiary/aromatic N) is 1. The molecule has 59 heavy (non-hydrogen) atoms. The molecule has 336 valence electrons. The van der Waals surface area contributed by atoms with Crippen LogP contribution in [-0.4, -0.2) is 158 Å². The van der Waals surface area contributed by atoms with Gasteiger partial charge in [-0.25, -0.2) is 0 Å². The van der Waals surface area contributed by atoms with Gasteiger partial charge in [-0.2, -0.15) is 0 Å². The van der Waals surface area contributed by atoms with Crippen LogP contribution >= 0.6 is 0 Å². The van der Waals surface area contributed by atoms with Gasteiger partial charge in [-0.1, -0.05) is 20.8 Å². The zero-order valence-electron chi connectivity index (χ0n) is 36.3. The second-order valence-electron chi connectivity index (χ2n) is 17.5. The van der Waals surface area contributed by atoms with Crippen molar-refractivity contribution in [2.24, 2.45) is 17.8 Å². The van der Waals surface area contributed by atoms with E-state index in [4.69, 9.17) is 42.6 Å². The van der Waals surface area contributed by atoms with Gasteiger partial charge in [0, 0.05) is 45.6 Å². The van der Waals surface area contributed by atoms with Crippen LogP contribution in [-0.2, 0) is 66.6 Å². The third-order valence-corrected chi connectivity index (χ3v) is 11.4. The quantitative estimate of drug-likeness (QED) is 0.125. The van der Waals surface area contributed by atoms with Gasteiger partial charge in [-0.15, -0.1) is 0 Å². The first-order valence-electron chi connectivity index (χ1n) is 20.7. The molecule has 0 radical (unpaired) electrons. The number of likely N-dealkylation sites (N-methyl/N-ethyl adjacent to an activating group) is 1. The highest BCUT2D eigenvalue weighted by molar-refractivity contribution is 5.91. The van der Waals surface area contributed by atoms with Crippen LogP contribution in [0.1, 0.15) is 93.9 Å². The van der Waals surface area contributed by atoms with Crippen molar-refractivity contribution < 1.29 is 76.8 Å². The number of hydrogen-bond donors (Lipinski definition) is 2. The number of carbonyl (C=O) groups is 5. The molecule has 2 N–H and O–H groups in total. The number of allylic oxidation sites excluding steroid dienone is 1. The Balaban J connectivity index is 1.64. The lowest BCUT2D eigenvalue weighted by atomic mass is 9.83. The summed E-state index contributed by atoms with van der Waals surface area (Å²) in [5.74, 6) is -3.35. The fourth-order valence-corrected chi connectivity index (χ4v) is 8.51. The average molecular weight is 842 g/mol. The van der Waals surface area contributed by atoms with Gasteiger partial charge in [0.1, 0.15) is 48.5 Å². The fraction of sp³-hybridized carbons (Fsp3) is 0.833. The molecule has 17 nitrogen and oxygen atoms in total. The van der Waals surface area contributed by atoms with E-state index in [1.54, 1.807) is 59.7 Å². The number of aliphatic hydroxyl groups excluding tert-OH is 1. The van der Waals surface area contributed by atoms with Crippen LogP contribution in [0.25, 0.3) is 0 Å². The largest absolute Gasteiger partial charge is 0.462 e. The van der Waals surface area contributed by atoms with Crippen LogP contribution in [0.15, 0.2) is 12.2 Å². The molecule has 4 aliphatic rings. The predicted molar refractivity (Wildman–Crippen MR) is 208 cm³/mol. The molecule has 3 fully saturated rings. The summed E-state index contributed by atoms with van der Waals surface area (Å²) in [6.07, 6.45) is -7.99. The number of hydrogen-bond acceptors (Lipinski definition) is 17. The summed E-state index contributed by atoms with van der Waals surface area (Å²) in [6.45, 7) is 13.4. The van der Waals surface area contributed by atoms with Crippen LogP contribution in [0.4, 0.5) is 0 Å². The van der Waals surface area contributed by atoms with E-state index >= 15 is 0 Å². The Morgan fingerprint density at radius 1 is 1.00 bits per heavy atom. The summed E-state index contributed by atoms with van der Waals surface area (Å²) >= 11 is 0. The Morgan fingerprint density at radius 2 is 1.69 bits per heavy atom. The minimum absolute atomic E-state index is 0.0551. The van der Waals surface area contributed by atoms with E-state index < -0.39 is 115 Å². The average Bonchev–Trinajstić information content (AvgIpc) is 3.85. The molecule has 11 unspecified atom stereocenters. The fourth-order valence-electron chi connectivity index (χ4n) is 8.51. The monoisotopic (exact) mass is 841 g/mol. The van der Waals surface area contributed by atoms with Crippen LogP contribution in [0.2, 0.25) is 0 Å². The number of rotatable bonds is 12. The number of carbonyl (C=O) groups excluding carboxylic acids is 5. The van der Waals surface area contributed by atoms with E-state index in [0.717, 1.165) is 0 Å². The van der Waals surface area contributed by atoms with Gasteiger partial charge in [-0.3, -0.25) is 19.2 Å². The van der Waals surface area contributed by atoms with Crippen molar-refractivity contribution >= 4 is 30.0 Å². The number of esters is 3. The summed E-state index contributed by atoms with van der Waals surface area (Å²) in [6, 6.07) is -0.800. The SMILES string of the molecule is CO[C@@H]1[C@@H](OC2OC(C)C(OC3CC(C)(O)C(OC(=O)CC(C)C)C(C)O3)C(N(C)C)C2O)[C@H](CC=O)C[C@H](C)C(=O)/C=C/C2OC2C[C@@H](C)OC(=O)C[C@H]1OC(C)=O. The van der Waals surface area contributed by atoms with E-state index in [2.05, 4.69) is 0 Å².